The first kappa shape index (κ1) is 20.5. The van der Waals surface area contributed by atoms with E-state index in [0.717, 1.165) is 24.3 Å². The summed E-state index contributed by atoms with van der Waals surface area (Å²) in [6.45, 7) is 3.06. The molecular formula is C21H36N2O. The lowest BCUT2D eigenvalue weighted by Crippen LogP contribution is -2.21. The summed E-state index contributed by atoms with van der Waals surface area (Å²) in [4.78, 5) is 1.81. The average molecular weight is 333 g/mol. The van der Waals surface area contributed by atoms with Gasteiger partial charge in [0.05, 0.1) is 6.61 Å². The van der Waals surface area contributed by atoms with Crippen LogP contribution in [0.5, 0.6) is 5.75 Å². The molecule has 0 unspecified atom stereocenters. The van der Waals surface area contributed by atoms with Gasteiger partial charge in [-0.25, -0.2) is 0 Å². The summed E-state index contributed by atoms with van der Waals surface area (Å²) in [6, 6.07) is 7.83. The van der Waals surface area contributed by atoms with E-state index in [1.165, 1.54) is 57.8 Å². The standard InChI is InChI=1S/C21H36N2O/c1-4-5-6-7-8-9-10-11-12-13-18-24-20-16-14-19(15-17-20)21(22)23(2)3/h14-17,22H,4-13,18H2,1-3H3. The van der Waals surface area contributed by atoms with Gasteiger partial charge in [0.15, 0.2) is 0 Å². The molecule has 1 rings (SSSR count). The fourth-order valence-corrected chi connectivity index (χ4v) is 2.75. The summed E-state index contributed by atoms with van der Waals surface area (Å²) < 4.78 is 5.79. The Hall–Kier alpha value is -1.51. The summed E-state index contributed by atoms with van der Waals surface area (Å²) in [5.74, 6) is 1.43. The summed E-state index contributed by atoms with van der Waals surface area (Å²) in [5.41, 5.74) is 0.922. The van der Waals surface area contributed by atoms with Gasteiger partial charge in [0, 0.05) is 19.7 Å². The fraction of sp³-hybridized carbons (Fsp3) is 0.667. The molecule has 1 aromatic carbocycles. The largest absolute Gasteiger partial charge is 0.494 e. The van der Waals surface area contributed by atoms with Gasteiger partial charge in [-0.1, -0.05) is 64.7 Å². The van der Waals surface area contributed by atoms with Crippen molar-refractivity contribution in [3.05, 3.63) is 29.8 Å². The van der Waals surface area contributed by atoms with Crippen LogP contribution < -0.4 is 4.74 Å². The lowest BCUT2D eigenvalue weighted by Gasteiger charge is -2.14. The van der Waals surface area contributed by atoms with Gasteiger partial charge in [-0.3, -0.25) is 5.41 Å². The first-order chi connectivity index (χ1) is 11.6. The zero-order valence-corrected chi connectivity index (χ0v) is 15.9. The zero-order chi connectivity index (χ0) is 17.6. The van der Waals surface area contributed by atoms with Gasteiger partial charge >= 0.3 is 0 Å². The maximum atomic E-state index is 7.94. The Morgan fingerprint density at radius 3 is 1.83 bits per heavy atom. The highest BCUT2D eigenvalue weighted by Gasteiger charge is 2.03. The molecule has 0 heterocycles. The van der Waals surface area contributed by atoms with Crippen molar-refractivity contribution in [2.24, 2.45) is 0 Å². The number of benzene rings is 1. The van der Waals surface area contributed by atoms with Crippen molar-refractivity contribution in [3.63, 3.8) is 0 Å². The molecule has 0 aliphatic heterocycles. The minimum atomic E-state index is 0.524. The van der Waals surface area contributed by atoms with Crippen LogP contribution in [0.4, 0.5) is 0 Å². The number of unbranched alkanes of at least 4 members (excludes halogenated alkanes) is 9. The number of amidine groups is 1. The number of hydrogen-bond donors (Lipinski definition) is 1. The highest BCUT2D eigenvalue weighted by molar-refractivity contribution is 5.96. The number of hydrogen-bond acceptors (Lipinski definition) is 2. The molecule has 0 aliphatic carbocycles. The van der Waals surface area contributed by atoms with Crippen molar-refractivity contribution in [1.29, 1.82) is 5.41 Å². The lowest BCUT2D eigenvalue weighted by molar-refractivity contribution is 0.304. The molecule has 24 heavy (non-hydrogen) atoms. The number of nitrogens with one attached hydrogen (secondary N) is 1. The van der Waals surface area contributed by atoms with Crippen LogP contribution in [0.1, 0.15) is 76.7 Å². The number of nitrogens with zero attached hydrogens (tertiary/aromatic N) is 1. The molecular weight excluding hydrogens is 296 g/mol. The van der Waals surface area contributed by atoms with E-state index in [1.54, 1.807) is 4.90 Å². The van der Waals surface area contributed by atoms with Crippen LogP contribution in [-0.4, -0.2) is 31.4 Å². The van der Waals surface area contributed by atoms with Crippen LogP contribution in [0.2, 0.25) is 0 Å². The van der Waals surface area contributed by atoms with E-state index in [2.05, 4.69) is 6.92 Å². The zero-order valence-electron chi connectivity index (χ0n) is 15.9. The van der Waals surface area contributed by atoms with Gasteiger partial charge in [0.1, 0.15) is 11.6 Å². The summed E-state index contributed by atoms with van der Waals surface area (Å²) in [5, 5.41) is 7.94. The second-order valence-electron chi connectivity index (χ2n) is 6.80. The van der Waals surface area contributed by atoms with Crippen molar-refractivity contribution in [1.82, 2.24) is 4.90 Å². The van der Waals surface area contributed by atoms with Crippen LogP contribution in [0.15, 0.2) is 24.3 Å². The Labute approximate surface area is 148 Å². The predicted molar refractivity (Wildman–Crippen MR) is 104 cm³/mol. The Balaban J connectivity index is 2.02. The third kappa shape index (κ3) is 8.95. The Kier molecular flexibility index (Phi) is 11.0. The minimum Gasteiger partial charge on any atom is -0.494 e. The first-order valence-electron chi connectivity index (χ1n) is 9.64. The van der Waals surface area contributed by atoms with Crippen molar-refractivity contribution in [2.75, 3.05) is 20.7 Å². The highest BCUT2D eigenvalue weighted by Crippen LogP contribution is 2.14. The maximum Gasteiger partial charge on any atom is 0.127 e. The molecule has 1 N–H and O–H groups in total. The second-order valence-corrected chi connectivity index (χ2v) is 6.80. The third-order valence-corrected chi connectivity index (χ3v) is 4.34. The summed E-state index contributed by atoms with van der Waals surface area (Å²) >= 11 is 0. The summed E-state index contributed by atoms with van der Waals surface area (Å²) in [7, 11) is 3.77. The quantitative estimate of drug-likeness (QED) is 0.278. The van der Waals surface area contributed by atoms with Gasteiger partial charge < -0.3 is 9.64 Å². The molecule has 0 spiro atoms. The molecule has 3 nitrogen and oxygen atoms in total. The molecule has 0 aromatic heterocycles. The van der Waals surface area contributed by atoms with Crippen LogP contribution in [0.3, 0.4) is 0 Å². The first-order valence-corrected chi connectivity index (χ1v) is 9.64. The van der Waals surface area contributed by atoms with Crippen molar-refractivity contribution >= 4 is 5.84 Å². The van der Waals surface area contributed by atoms with Crippen molar-refractivity contribution < 1.29 is 4.74 Å². The topological polar surface area (TPSA) is 36.3 Å². The predicted octanol–water partition coefficient (Wildman–Crippen LogP) is 5.87. The fourth-order valence-electron chi connectivity index (χ4n) is 2.75. The molecule has 0 radical (unpaired) electrons. The average Bonchev–Trinajstić information content (AvgIpc) is 2.59. The van der Waals surface area contributed by atoms with Crippen LogP contribution in [0, 0.1) is 5.41 Å². The van der Waals surface area contributed by atoms with Crippen LogP contribution >= 0.6 is 0 Å². The molecule has 0 fully saturated rings. The van der Waals surface area contributed by atoms with Gasteiger partial charge in [-0.05, 0) is 30.7 Å². The molecule has 1 aromatic rings. The summed E-state index contributed by atoms with van der Waals surface area (Å²) in [6.07, 6.45) is 13.5. The van der Waals surface area contributed by atoms with E-state index in [4.69, 9.17) is 10.1 Å². The van der Waals surface area contributed by atoms with Gasteiger partial charge in [0.2, 0.25) is 0 Å². The van der Waals surface area contributed by atoms with Crippen molar-refractivity contribution in [3.8, 4) is 5.75 Å². The molecule has 136 valence electrons. The van der Waals surface area contributed by atoms with Crippen LogP contribution in [0.25, 0.3) is 0 Å². The van der Waals surface area contributed by atoms with Gasteiger partial charge in [-0.2, -0.15) is 0 Å². The monoisotopic (exact) mass is 332 g/mol. The minimum absolute atomic E-state index is 0.524. The molecule has 0 atom stereocenters. The van der Waals surface area contributed by atoms with Crippen molar-refractivity contribution in [2.45, 2.75) is 71.1 Å². The molecule has 0 aliphatic rings. The van der Waals surface area contributed by atoms with E-state index < -0.39 is 0 Å². The van der Waals surface area contributed by atoms with Gasteiger partial charge in [-0.15, -0.1) is 0 Å². The Morgan fingerprint density at radius 1 is 0.833 bits per heavy atom. The van der Waals surface area contributed by atoms with E-state index in [0.29, 0.717) is 5.84 Å². The molecule has 3 heteroatoms. The maximum absolute atomic E-state index is 7.94. The number of rotatable bonds is 13. The van der Waals surface area contributed by atoms with E-state index in [9.17, 15) is 0 Å². The smallest absolute Gasteiger partial charge is 0.127 e. The molecule has 0 bridgehead atoms. The second kappa shape index (κ2) is 12.9. The van der Waals surface area contributed by atoms with E-state index in [-0.39, 0.29) is 0 Å². The van der Waals surface area contributed by atoms with Crippen LogP contribution in [-0.2, 0) is 0 Å². The SMILES string of the molecule is CCCCCCCCCCCCOc1ccc(C(=N)N(C)C)cc1. The van der Waals surface area contributed by atoms with E-state index in [1.807, 2.05) is 38.4 Å². The Bertz CT molecular complexity index is 440. The molecule has 0 saturated carbocycles. The van der Waals surface area contributed by atoms with Gasteiger partial charge in [0.25, 0.3) is 0 Å². The van der Waals surface area contributed by atoms with E-state index >= 15 is 0 Å². The molecule has 0 saturated heterocycles. The number of ether oxygens (including phenoxy) is 1. The Morgan fingerprint density at radius 2 is 1.33 bits per heavy atom. The highest BCUT2D eigenvalue weighted by atomic mass is 16.5. The normalized spacial score (nSPS) is 10.6. The lowest BCUT2D eigenvalue weighted by atomic mass is 10.1. The molecule has 0 amide bonds. The third-order valence-electron chi connectivity index (χ3n) is 4.34.